The van der Waals surface area contributed by atoms with Crippen molar-refractivity contribution < 1.29 is 4.57 Å². The van der Waals surface area contributed by atoms with Gasteiger partial charge in [0.1, 0.15) is 7.05 Å². The van der Waals surface area contributed by atoms with Gasteiger partial charge in [-0.1, -0.05) is 54.6 Å². The lowest BCUT2D eigenvalue weighted by Crippen LogP contribution is -2.35. The van der Waals surface area contributed by atoms with Crippen molar-refractivity contribution in [3.63, 3.8) is 0 Å². The molecule has 1 heterocycles. The normalized spacial score (nSPS) is 11.0. The summed E-state index contributed by atoms with van der Waals surface area (Å²) in [5.74, 6) is 0. The van der Waals surface area contributed by atoms with Gasteiger partial charge in [-0.2, -0.15) is 4.57 Å². The van der Waals surface area contributed by atoms with Crippen molar-refractivity contribution in [1.29, 1.82) is 0 Å². The Kier molecular flexibility index (Phi) is 3.85. The predicted octanol–water partition coefficient (Wildman–Crippen LogP) is 5.62. The molecule has 0 aliphatic rings. The molecule has 0 radical (unpaired) electrons. The molecule has 0 N–H and O–H groups in total. The van der Waals surface area contributed by atoms with Crippen LogP contribution >= 0.6 is 0 Å². The average molecular weight is 324 g/mol. The summed E-state index contributed by atoms with van der Waals surface area (Å²) in [6.07, 6.45) is 0. The molecular weight excluding hydrogens is 302 g/mol. The third-order valence-electron chi connectivity index (χ3n) is 5.04. The van der Waals surface area contributed by atoms with Crippen LogP contribution in [0.15, 0.2) is 78.9 Å². The molecule has 1 nitrogen and oxygen atoms in total. The molecule has 0 amide bonds. The van der Waals surface area contributed by atoms with Crippen molar-refractivity contribution in [2.24, 2.45) is 7.05 Å². The molecule has 4 rings (SSSR count). The van der Waals surface area contributed by atoms with Crippen LogP contribution < -0.4 is 4.57 Å². The van der Waals surface area contributed by atoms with E-state index in [1.165, 1.54) is 44.4 Å². The Morgan fingerprint density at radius 3 is 2.16 bits per heavy atom. The molecule has 0 spiro atoms. The second kappa shape index (κ2) is 6.18. The van der Waals surface area contributed by atoms with Gasteiger partial charge in [-0.3, -0.25) is 0 Å². The van der Waals surface area contributed by atoms with Crippen LogP contribution in [0.4, 0.5) is 0 Å². The Hall–Kier alpha value is -2.93. The van der Waals surface area contributed by atoms with E-state index in [0.29, 0.717) is 0 Å². The highest BCUT2D eigenvalue weighted by molar-refractivity contribution is 5.96. The number of hydrogen-bond acceptors (Lipinski definition) is 0. The first-order valence-electron chi connectivity index (χ1n) is 8.70. The first kappa shape index (κ1) is 15.6. The number of aromatic nitrogens is 1. The highest BCUT2D eigenvalue weighted by atomic mass is 14.9. The smallest absolute Gasteiger partial charge is 0.198 e. The zero-order valence-corrected chi connectivity index (χ0v) is 15.0. The minimum Gasteiger partial charge on any atom is -0.198 e. The zero-order valence-electron chi connectivity index (χ0n) is 15.0. The summed E-state index contributed by atoms with van der Waals surface area (Å²) in [6.45, 7) is 4.36. The van der Waals surface area contributed by atoms with Gasteiger partial charge in [0.25, 0.3) is 0 Å². The summed E-state index contributed by atoms with van der Waals surface area (Å²) >= 11 is 0. The summed E-state index contributed by atoms with van der Waals surface area (Å²) in [7, 11) is 2.15. The molecule has 3 aromatic carbocycles. The number of aryl methyl sites for hydroxylation is 2. The van der Waals surface area contributed by atoms with E-state index in [1.807, 2.05) is 0 Å². The summed E-state index contributed by atoms with van der Waals surface area (Å²) in [6, 6.07) is 28.3. The van der Waals surface area contributed by atoms with Crippen LogP contribution in [-0.2, 0) is 7.05 Å². The van der Waals surface area contributed by atoms with Gasteiger partial charge in [-0.25, -0.2) is 0 Å². The summed E-state index contributed by atoms with van der Waals surface area (Å²) in [5, 5.41) is 2.58. The fraction of sp³-hybridized carbons (Fsp3) is 0.125. The molecule has 4 aromatic rings. The SMILES string of the molecule is Cc1ccccc1-c1c2ccc(-c3ccccc3)cc2cc(C)[n+]1C. The van der Waals surface area contributed by atoms with Gasteiger partial charge in [0.15, 0.2) is 5.69 Å². The first-order chi connectivity index (χ1) is 12.1. The van der Waals surface area contributed by atoms with Gasteiger partial charge in [-0.05, 0) is 47.2 Å². The Bertz CT molecular complexity index is 1060. The maximum absolute atomic E-state index is 2.30. The first-order valence-corrected chi connectivity index (χ1v) is 8.70. The minimum atomic E-state index is 1.26. The second-order valence-electron chi connectivity index (χ2n) is 6.68. The van der Waals surface area contributed by atoms with Crippen molar-refractivity contribution in [2.75, 3.05) is 0 Å². The van der Waals surface area contributed by atoms with Crippen LogP contribution in [0.1, 0.15) is 11.3 Å². The Balaban J connectivity index is 2.01. The lowest BCUT2D eigenvalue weighted by molar-refractivity contribution is -0.665. The number of pyridine rings is 1. The number of rotatable bonds is 2. The number of fused-ring (bicyclic) bond motifs is 1. The average Bonchev–Trinajstić information content (AvgIpc) is 2.64. The van der Waals surface area contributed by atoms with Crippen LogP contribution in [0.5, 0.6) is 0 Å². The fourth-order valence-corrected chi connectivity index (χ4v) is 3.55. The van der Waals surface area contributed by atoms with E-state index in [9.17, 15) is 0 Å². The summed E-state index contributed by atoms with van der Waals surface area (Å²) < 4.78 is 2.30. The van der Waals surface area contributed by atoms with Crippen molar-refractivity contribution in [3.8, 4) is 22.4 Å². The predicted molar refractivity (Wildman–Crippen MR) is 105 cm³/mol. The second-order valence-corrected chi connectivity index (χ2v) is 6.68. The van der Waals surface area contributed by atoms with Gasteiger partial charge in [0.2, 0.25) is 5.69 Å². The molecule has 0 saturated heterocycles. The Labute approximate surface area is 149 Å². The number of nitrogens with zero attached hydrogens (tertiary/aromatic N) is 1. The molecular formula is C24H22N+. The molecule has 122 valence electrons. The molecule has 0 aliphatic carbocycles. The monoisotopic (exact) mass is 324 g/mol. The van der Waals surface area contributed by atoms with Crippen LogP contribution in [-0.4, -0.2) is 0 Å². The number of benzene rings is 3. The van der Waals surface area contributed by atoms with Gasteiger partial charge in [0, 0.05) is 18.6 Å². The minimum absolute atomic E-state index is 1.26. The van der Waals surface area contributed by atoms with E-state index in [-0.39, 0.29) is 0 Å². The van der Waals surface area contributed by atoms with Crippen LogP contribution in [0.2, 0.25) is 0 Å². The lowest BCUT2D eigenvalue weighted by atomic mass is 9.96. The third kappa shape index (κ3) is 2.72. The molecule has 25 heavy (non-hydrogen) atoms. The largest absolute Gasteiger partial charge is 0.220 e. The van der Waals surface area contributed by atoms with Crippen LogP contribution in [0.25, 0.3) is 33.2 Å². The topological polar surface area (TPSA) is 3.88 Å². The van der Waals surface area contributed by atoms with Crippen molar-refractivity contribution in [3.05, 3.63) is 90.1 Å². The molecule has 0 fully saturated rings. The van der Waals surface area contributed by atoms with Gasteiger partial charge in [-0.15, -0.1) is 0 Å². The molecule has 0 saturated carbocycles. The van der Waals surface area contributed by atoms with Gasteiger partial charge >= 0.3 is 0 Å². The van der Waals surface area contributed by atoms with E-state index < -0.39 is 0 Å². The van der Waals surface area contributed by atoms with Gasteiger partial charge < -0.3 is 0 Å². The van der Waals surface area contributed by atoms with Crippen LogP contribution in [0, 0.1) is 13.8 Å². The van der Waals surface area contributed by atoms with Crippen molar-refractivity contribution >= 4 is 10.8 Å². The maximum atomic E-state index is 2.30. The third-order valence-corrected chi connectivity index (χ3v) is 5.04. The van der Waals surface area contributed by atoms with E-state index >= 15 is 0 Å². The summed E-state index contributed by atoms with van der Waals surface area (Å²) in [4.78, 5) is 0. The van der Waals surface area contributed by atoms with Crippen LogP contribution in [0.3, 0.4) is 0 Å². The highest BCUT2D eigenvalue weighted by Gasteiger charge is 2.19. The quantitative estimate of drug-likeness (QED) is 0.422. The molecule has 0 unspecified atom stereocenters. The molecule has 1 heteroatoms. The van der Waals surface area contributed by atoms with E-state index in [4.69, 9.17) is 0 Å². The standard InChI is InChI=1S/C24H22N/c1-17-9-7-8-12-22(17)24-23-14-13-20(19-10-5-4-6-11-19)16-21(23)15-18(2)25(24)3/h4-16H,1-3H3/q+1. The summed E-state index contributed by atoms with van der Waals surface area (Å²) in [5.41, 5.74) is 7.66. The van der Waals surface area contributed by atoms with Crippen molar-refractivity contribution in [2.45, 2.75) is 13.8 Å². The highest BCUT2D eigenvalue weighted by Crippen LogP contribution is 2.31. The Morgan fingerprint density at radius 2 is 1.40 bits per heavy atom. The molecule has 0 aliphatic heterocycles. The molecule has 1 aromatic heterocycles. The fourth-order valence-electron chi connectivity index (χ4n) is 3.55. The Morgan fingerprint density at radius 1 is 0.680 bits per heavy atom. The molecule has 0 bridgehead atoms. The van der Waals surface area contributed by atoms with Crippen molar-refractivity contribution in [1.82, 2.24) is 0 Å². The van der Waals surface area contributed by atoms with Gasteiger partial charge in [0.05, 0.1) is 5.39 Å². The molecule has 0 atom stereocenters. The number of hydrogen-bond donors (Lipinski definition) is 0. The van der Waals surface area contributed by atoms with E-state index in [2.05, 4.69) is 104 Å². The lowest BCUT2D eigenvalue weighted by Gasteiger charge is -2.11. The van der Waals surface area contributed by atoms with E-state index in [1.54, 1.807) is 0 Å². The zero-order chi connectivity index (χ0) is 17.4. The maximum Gasteiger partial charge on any atom is 0.220 e. The van der Waals surface area contributed by atoms with E-state index in [0.717, 1.165) is 0 Å².